The first-order valence-corrected chi connectivity index (χ1v) is 14.2. The summed E-state index contributed by atoms with van der Waals surface area (Å²) in [5.41, 5.74) is 3.48. The SMILES string of the molecule is C=Cc1cccc2c1OCC[C@]21CNCC1C(=O)N1CC[C@@H](c2ccccc2)C[C@H]1C1CCCCC1. The zero-order chi connectivity index (χ0) is 24.5. The summed E-state index contributed by atoms with van der Waals surface area (Å²) in [4.78, 5) is 16.9. The van der Waals surface area contributed by atoms with E-state index in [9.17, 15) is 4.79 Å². The number of hydrogen-bond donors (Lipinski definition) is 1. The van der Waals surface area contributed by atoms with E-state index in [1.165, 1.54) is 43.2 Å². The van der Waals surface area contributed by atoms with Gasteiger partial charge in [0.05, 0.1) is 12.5 Å². The highest BCUT2D eigenvalue weighted by Crippen LogP contribution is 2.49. The lowest BCUT2D eigenvalue weighted by Gasteiger charge is -2.48. The summed E-state index contributed by atoms with van der Waals surface area (Å²) >= 11 is 0. The summed E-state index contributed by atoms with van der Waals surface area (Å²) in [5.74, 6) is 2.45. The van der Waals surface area contributed by atoms with Crippen molar-refractivity contribution in [2.75, 3.05) is 26.2 Å². The molecule has 4 aliphatic rings. The average molecular weight is 485 g/mol. The van der Waals surface area contributed by atoms with E-state index in [0.717, 1.165) is 50.2 Å². The topological polar surface area (TPSA) is 41.6 Å². The van der Waals surface area contributed by atoms with Gasteiger partial charge in [-0.1, -0.05) is 80.4 Å². The predicted octanol–water partition coefficient (Wildman–Crippen LogP) is 5.92. The number of piperidine rings is 1. The van der Waals surface area contributed by atoms with Crippen LogP contribution in [-0.2, 0) is 10.2 Å². The second-order valence-corrected chi connectivity index (χ2v) is 11.5. The highest BCUT2D eigenvalue weighted by atomic mass is 16.5. The molecule has 1 aliphatic carbocycles. The smallest absolute Gasteiger partial charge is 0.228 e. The van der Waals surface area contributed by atoms with E-state index in [0.29, 0.717) is 30.4 Å². The molecule has 1 N–H and O–H groups in total. The molecule has 1 amide bonds. The Morgan fingerprint density at radius 1 is 1.06 bits per heavy atom. The first-order valence-electron chi connectivity index (χ1n) is 14.2. The second-order valence-electron chi connectivity index (χ2n) is 11.5. The molecular weight excluding hydrogens is 444 g/mol. The highest BCUT2D eigenvalue weighted by Gasteiger charge is 2.53. The first kappa shape index (κ1) is 23.8. The fourth-order valence-corrected chi connectivity index (χ4v) is 7.83. The molecule has 4 atom stereocenters. The van der Waals surface area contributed by atoms with Gasteiger partial charge in [0, 0.05) is 42.2 Å². The van der Waals surface area contributed by atoms with Crippen molar-refractivity contribution in [2.24, 2.45) is 11.8 Å². The molecule has 3 heterocycles. The van der Waals surface area contributed by atoms with Gasteiger partial charge in [0.1, 0.15) is 5.75 Å². The standard InChI is InChI=1S/C32H40N2O2/c1-2-23-14-9-15-27-30(23)36-19-17-32(27)22-33-21-28(32)31(35)34-18-16-26(24-10-5-3-6-11-24)20-29(34)25-12-7-4-8-13-25/h2-3,5-6,9-11,14-15,25-26,28-29,33H,1,4,7-8,12-13,16-22H2/t26-,28?,29+,32+/m1/s1. The lowest BCUT2D eigenvalue weighted by atomic mass is 9.67. The minimum atomic E-state index is -0.197. The number of fused-ring (bicyclic) bond motifs is 2. The van der Waals surface area contributed by atoms with Crippen LogP contribution in [0.15, 0.2) is 55.1 Å². The van der Waals surface area contributed by atoms with Crippen LogP contribution in [0, 0.1) is 11.8 Å². The van der Waals surface area contributed by atoms with Crippen LogP contribution in [0.2, 0.25) is 0 Å². The fourth-order valence-electron chi connectivity index (χ4n) is 7.83. The molecule has 1 unspecified atom stereocenters. The number of amides is 1. The molecule has 3 aliphatic heterocycles. The summed E-state index contributed by atoms with van der Waals surface area (Å²) in [5, 5.41) is 3.63. The number of carbonyl (C=O) groups is 1. The zero-order valence-corrected chi connectivity index (χ0v) is 21.5. The van der Waals surface area contributed by atoms with Crippen molar-refractivity contribution < 1.29 is 9.53 Å². The van der Waals surface area contributed by atoms with E-state index in [4.69, 9.17) is 4.74 Å². The summed E-state index contributed by atoms with van der Waals surface area (Å²) in [6.45, 7) is 7.14. The molecule has 0 radical (unpaired) electrons. The molecule has 3 fully saturated rings. The Hall–Kier alpha value is -2.59. The van der Waals surface area contributed by atoms with Crippen LogP contribution in [0.5, 0.6) is 5.75 Å². The lowest BCUT2D eigenvalue weighted by Crippen LogP contribution is -2.55. The molecule has 6 rings (SSSR count). The summed E-state index contributed by atoms with van der Waals surface area (Å²) in [7, 11) is 0. The molecule has 190 valence electrons. The van der Waals surface area contributed by atoms with E-state index in [1.807, 2.05) is 6.08 Å². The maximum atomic E-state index is 14.6. The Morgan fingerprint density at radius 2 is 1.89 bits per heavy atom. The molecule has 4 nitrogen and oxygen atoms in total. The van der Waals surface area contributed by atoms with Crippen molar-refractivity contribution in [3.05, 3.63) is 71.8 Å². The third-order valence-electron chi connectivity index (χ3n) is 9.74. The Labute approximate surface area is 216 Å². The molecule has 4 heteroatoms. The quantitative estimate of drug-likeness (QED) is 0.585. The van der Waals surface area contributed by atoms with Crippen LogP contribution < -0.4 is 10.1 Å². The fraction of sp³-hybridized carbons (Fsp3) is 0.531. The monoisotopic (exact) mass is 484 g/mol. The van der Waals surface area contributed by atoms with E-state index in [2.05, 4.69) is 65.3 Å². The van der Waals surface area contributed by atoms with Gasteiger partial charge in [-0.25, -0.2) is 0 Å². The van der Waals surface area contributed by atoms with Crippen LogP contribution in [-0.4, -0.2) is 43.1 Å². The van der Waals surface area contributed by atoms with Crippen LogP contribution >= 0.6 is 0 Å². The van der Waals surface area contributed by atoms with Gasteiger partial charge in [0.15, 0.2) is 0 Å². The third kappa shape index (κ3) is 4.08. The molecule has 1 saturated carbocycles. The van der Waals surface area contributed by atoms with Crippen molar-refractivity contribution in [2.45, 2.75) is 68.7 Å². The number of ether oxygens (including phenoxy) is 1. The number of carbonyl (C=O) groups excluding carboxylic acids is 1. The van der Waals surface area contributed by atoms with Crippen molar-refractivity contribution >= 4 is 12.0 Å². The summed E-state index contributed by atoms with van der Waals surface area (Å²) in [6.07, 6.45) is 11.4. The molecule has 2 aromatic rings. The van der Waals surface area contributed by atoms with Gasteiger partial charge in [-0.2, -0.15) is 0 Å². The number of hydrogen-bond acceptors (Lipinski definition) is 3. The molecular formula is C32H40N2O2. The predicted molar refractivity (Wildman–Crippen MR) is 145 cm³/mol. The van der Waals surface area contributed by atoms with Crippen molar-refractivity contribution in [3.8, 4) is 5.75 Å². The lowest BCUT2D eigenvalue weighted by molar-refractivity contribution is -0.143. The Bertz CT molecular complexity index is 1090. The van der Waals surface area contributed by atoms with E-state index < -0.39 is 0 Å². The van der Waals surface area contributed by atoms with Gasteiger partial charge in [-0.05, 0) is 49.5 Å². The zero-order valence-electron chi connectivity index (χ0n) is 21.5. The number of rotatable bonds is 4. The Balaban J connectivity index is 1.32. The third-order valence-corrected chi connectivity index (χ3v) is 9.74. The molecule has 0 bridgehead atoms. The van der Waals surface area contributed by atoms with E-state index >= 15 is 0 Å². The van der Waals surface area contributed by atoms with Gasteiger partial charge in [0.25, 0.3) is 0 Å². The number of para-hydroxylation sites is 1. The van der Waals surface area contributed by atoms with Gasteiger partial charge in [0.2, 0.25) is 5.91 Å². The maximum Gasteiger partial charge on any atom is 0.228 e. The van der Waals surface area contributed by atoms with Gasteiger partial charge in [-0.3, -0.25) is 4.79 Å². The Morgan fingerprint density at radius 3 is 2.69 bits per heavy atom. The van der Waals surface area contributed by atoms with Crippen LogP contribution in [0.3, 0.4) is 0 Å². The largest absolute Gasteiger partial charge is 0.493 e. The van der Waals surface area contributed by atoms with Crippen LogP contribution in [0.1, 0.15) is 74.0 Å². The van der Waals surface area contributed by atoms with Gasteiger partial charge in [-0.15, -0.1) is 0 Å². The second kappa shape index (κ2) is 10.0. The van der Waals surface area contributed by atoms with Gasteiger partial charge >= 0.3 is 0 Å². The Kier molecular flexibility index (Phi) is 6.64. The number of likely N-dealkylation sites (tertiary alicyclic amines) is 1. The molecule has 36 heavy (non-hydrogen) atoms. The van der Waals surface area contributed by atoms with Crippen molar-refractivity contribution in [3.63, 3.8) is 0 Å². The summed E-state index contributed by atoms with van der Waals surface area (Å²) in [6, 6.07) is 17.7. The van der Waals surface area contributed by atoms with Gasteiger partial charge < -0.3 is 15.0 Å². The number of nitrogens with zero attached hydrogens (tertiary/aromatic N) is 1. The van der Waals surface area contributed by atoms with E-state index in [1.54, 1.807) is 0 Å². The molecule has 1 spiro atoms. The number of benzene rings is 2. The molecule has 2 aromatic carbocycles. The normalized spacial score (nSPS) is 30.6. The molecule has 0 aromatic heterocycles. The van der Waals surface area contributed by atoms with E-state index in [-0.39, 0.29) is 11.3 Å². The molecule has 2 saturated heterocycles. The number of nitrogens with one attached hydrogen (secondary N) is 1. The highest BCUT2D eigenvalue weighted by molar-refractivity contribution is 5.83. The minimum Gasteiger partial charge on any atom is -0.493 e. The van der Waals surface area contributed by atoms with Crippen molar-refractivity contribution in [1.29, 1.82) is 0 Å². The van der Waals surface area contributed by atoms with Crippen LogP contribution in [0.25, 0.3) is 6.08 Å². The summed E-state index contributed by atoms with van der Waals surface area (Å²) < 4.78 is 6.16. The average Bonchev–Trinajstić information content (AvgIpc) is 3.37. The van der Waals surface area contributed by atoms with Crippen molar-refractivity contribution in [1.82, 2.24) is 10.2 Å². The first-order chi connectivity index (χ1) is 17.7. The maximum absolute atomic E-state index is 14.6. The minimum absolute atomic E-state index is 0.0421. The van der Waals surface area contributed by atoms with Crippen LogP contribution in [0.4, 0.5) is 0 Å².